The topological polar surface area (TPSA) is 46.2 Å². The van der Waals surface area contributed by atoms with Gasteiger partial charge in [0.15, 0.2) is 0 Å². The molecule has 0 bridgehead atoms. The molecule has 0 aromatic carbocycles. The predicted octanol–water partition coefficient (Wildman–Crippen LogP) is 0.880. The van der Waals surface area contributed by atoms with Gasteiger partial charge in [0.25, 0.3) is 5.91 Å². The maximum Gasteiger partial charge on any atom is 0.287 e. The number of carbonyl (C=O) groups is 2. The lowest BCUT2D eigenvalue weighted by Gasteiger charge is -2.14. The van der Waals surface area contributed by atoms with Gasteiger partial charge >= 0.3 is 0 Å². The van der Waals surface area contributed by atoms with Crippen molar-refractivity contribution in [3.8, 4) is 0 Å². The van der Waals surface area contributed by atoms with Crippen LogP contribution in [0.3, 0.4) is 0 Å². The van der Waals surface area contributed by atoms with Gasteiger partial charge in [-0.05, 0) is 18.8 Å². The number of fused-ring (bicyclic) bond motifs is 1. The number of hydrogen-bond donors (Lipinski definition) is 1. The van der Waals surface area contributed by atoms with Crippen LogP contribution in [0, 0.1) is 11.8 Å². The van der Waals surface area contributed by atoms with E-state index in [9.17, 15) is 9.59 Å². The van der Waals surface area contributed by atoms with Gasteiger partial charge in [0, 0.05) is 12.0 Å². The summed E-state index contributed by atoms with van der Waals surface area (Å²) in [5.41, 5.74) is 0. The van der Waals surface area contributed by atoms with Crippen LogP contribution in [0.15, 0.2) is 0 Å². The molecule has 2 aliphatic rings. The summed E-state index contributed by atoms with van der Waals surface area (Å²) in [6.07, 6.45) is 4.20. The van der Waals surface area contributed by atoms with Gasteiger partial charge in [0.05, 0.1) is 0 Å². The molecule has 0 aromatic rings. The third-order valence-electron chi connectivity index (χ3n) is 3.23. The molecule has 2 rings (SSSR count). The van der Waals surface area contributed by atoms with Gasteiger partial charge in [-0.1, -0.05) is 19.8 Å². The molecule has 1 amide bonds. The van der Waals surface area contributed by atoms with E-state index in [1.807, 2.05) is 0 Å². The molecule has 1 aliphatic carbocycles. The molecule has 3 nitrogen and oxygen atoms in total. The first kappa shape index (κ1) is 8.73. The fourth-order valence-corrected chi connectivity index (χ4v) is 2.47. The molecule has 1 heterocycles. The molecule has 1 saturated heterocycles. The van der Waals surface area contributed by atoms with Crippen molar-refractivity contribution in [2.24, 2.45) is 11.8 Å². The fraction of sp³-hybridized carbons (Fsp3) is 0.800. The van der Waals surface area contributed by atoms with Gasteiger partial charge in [-0.3, -0.25) is 9.59 Å². The minimum Gasteiger partial charge on any atom is -0.346 e. The summed E-state index contributed by atoms with van der Waals surface area (Å²) in [6, 6.07) is 0.143. The molecule has 13 heavy (non-hydrogen) atoms. The molecule has 1 N–H and O–H groups in total. The zero-order chi connectivity index (χ0) is 9.42. The molecule has 72 valence electrons. The maximum absolute atomic E-state index is 11.4. The van der Waals surface area contributed by atoms with Crippen LogP contribution in [-0.4, -0.2) is 17.7 Å². The molecule has 3 unspecified atom stereocenters. The normalized spacial score (nSPS) is 39.6. The van der Waals surface area contributed by atoms with E-state index < -0.39 is 0 Å². The zero-order valence-corrected chi connectivity index (χ0v) is 7.88. The Morgan fingerprint density at radius 1 is 1.31 bits per heavy atom. The Labute approximate surface area is 77.9 Å². The van der Waals surface area contributed by atoms with Gasteiger partial charge in [-0.2, -0.15) is 0 Å². The summed E-state index contributed by atoms with van der Waals surface area (Å²) in [5.74, 6) is 0.0273. The number of nitrogens with one attached hydrogen (secondary N) is 1. The summed E-state index contributed by atoms with van der Waals surface area (Å²) >= 11 is 0. The standard InChI is InChI=1S/C10H15NO2/c1-6-3-2-4-8-7(5-6)9(12)10(13)11-8/h6-8H,2-5H2,1H3,(H,11,13). The van der Waals surface area contributed by atoms with Crippen LogP contribution in [0.1, 0.15) is 32.6 Å². The van der Waals surface area contributed by atoms with Crippen LogP contribution in [0.25, 0.3) is 0 Å². The fourth-order valence-electron chi connectivity index (χ4n) is 2.47. The van der Waals surface area contributed by atoms with Crippen molar-refractivity contribution >= 4 is 11.7 Å². The van der Waals surface area contributed by atoms with E-state index in [-0.39, 0.29) is 23.7 Å². The lowest BCUT2D eigenvalue weighted by Crippen LogP contribution is -2.28. The molecular formula is C10H15NO2. The lowest BCUT2D eigenvalue weighted by atomic mass is 9.91. The second kappa shape index (κ2) is 3.13. The van der Waals surface area contributed by atoms with Crippen molar-refractivity contribution in [3.63, 3.8) is 0 Å². The van der Waals surface area contributed by atoms with Crippen molar-refractivity contribution in [1.82, 2.24) is 5.32 Å². The van der Waals surface area contributed by atoms with Crippen molar-refractivity contribution in [1.29, 1.82) is 0 Å². The van der Waals surface area contributed by atoms with Crippen molar-refractivity contribution in [2.45, 2.75) is 38.6 Å². The quantitative estimate of drug-likeness (QED) is 0.564. The van der Waals surface area contributed by atoms with Gasteiger partial charge in [0.2, 0.25) is 5.78 Å². The minimum absolute atomic E-state index is 0.0231. The summed E-state index contributed by atoms with van der Waals surface area (Å²) in [5, 5.41) is 2.78. The average Bonchev–Trinajstić information content (AvgIpc) is 2.29. The Kier molecular flexibility index (Phi) is 2.10. The largest absolute Gasteiger partial charge is 0.346 e. The minimum atomic E-state index is -0.357. The third-order valence-corrected chi connectivity index (χ3v) is 3.23. The summed E-state index contributed by atoms with van der Waals surface area (Å²) in [7, 11) is 0. The molecule has 3 heteroatoms. The Hall–Kier alpha value is -0.860. The lowest BCUT2D eigenvalue weighted by molar-refractivity contribution is -0.136. The molecular weight excluding hydrogens is 166 g/mol. The van der Waals surface area contributed by atoms with Crippen LogP contribution in [0.4, 0.5) is 0 Å². The summed E-state index contributed by atoms with van der Waals surface area (Å²) in [4.78, 5) is 22.5. The van der Waals surface area contributed by atoms with Crippen LogP contribution < -0.4 is 5.32 Å². The van der Waals surface area contributed by atoms with E-state index in [1.54, 1.807) is 0 Å². The van der Waals surface area contributed by atoms with E-state index in [4.69, 9.17) is 0 Å². The number of carbonyl (C=O) groups excluding carboxylic acids is 2. The first-order chi connectivity index (χ1) is 6.18. The van der Waals surface area contributed by atoms with E-state index >= 15 is 0 Å². The molecule has 2 fully saturated rings. The maximum atomic E-state index is 11.4. The number of hydrogen-bond acceptors (Lipinski definition) is 2. The van der Waals surface area contributed by atoms with Crippen molar-refractivity contribution in [3.05, 3.63) is 0 Å². The second-order valence-corrected chi connectivity index (χ2v) is 4.32. The molecule has 1 saturated carbocycles. The van der Waals surface area contributed by atoms with Crippen LogP contribution >= 0.6 is 0 Å². The Morgan fingerprint density at radius 2 is 2.08 bits per heavy atom. The van der Waals surface area contributed by atoms with E-state index in [0.717, 1.165) is 19.3 Å². The van der Waals surface area contributed by atoms with E-state index in [1.165, 1.54) is 6.42 Å². The highest BCUT2D eigenvalue weighted by atomic mass is 16.2. The number of Topliss-reactive ketones (excluding diaryl/α,β-unsaturated/α-hetero) is 1. The number of ketones is 1. The second-order valence-electron chi connectivity index (χ2n) is 4.32. The first-order valence-corrected chi connectivity index (χ1v) is 5.03. The van der Waals surface area contributed by atoms with E-state index in [2.05, 4.69) is 12.2 Å². The predicted molar refractivity (Wildman–Crippen MR) is 48.1 cm³/mol. The molecule has 0 aromatic heterocycles. The highest BCUT2D eigenvalue weighted by Crippen LogP contribution is 2.31. The Bertz CT molecular complexity index is 249. The van der Waals surface area contributed by atoms with Crippen LogP contribution in [0.5, 0.6) is 0 Å². The smallest absolute Gasteiger partial charge is 0.287 e. The van der Waals surface area contributed by atoms with Crippen LogP contribution in [-0.2, 0) is 9.59 Å². The monoisotopic (exact) mass is 181 g/mol. The number of amides is 1. The zero-order valence-electron chi connectivity index (χ0n) is 7.88. The highest BCUT2D eigenvalue weighted by Gasteiger charge is 2.42. The van der Waals surface area contributed by atoms with Gasteiger partial charge < -0.3 is 5.32 Å². The Morgan fingerprint density at radius 3 is 2.85 bits per heavy atom. The Balaban J connectivity index is 2.16. The van der Waals surface area contributed by atoms with Crippen molar-refractivity contribution < 1.29 is 9.59 Å². The molecule has 0 spiro atoms. The van der Waals surface area contributed by atoms with Gasteiger partial charge in [-0.15, -0.1) is 0 Å². The van der Waals surface area contributed by atoms with Gasteiger partial charge in [0.1, 0.15) is 0 Å². The highest BCUT2D eigenvalue weighted by molar-refractivity contribution is 6.39. The molecule has 3 atom stereocenters. The average molecular weight is 181 g/mol. The third kappa shape index (κ3) is 1.47. The van der Waals surface area contributed by atoms with E-state index in [0.29, 0.717) is 5.92 Å². The van der Waals surface area contributed by atoms with Gasteiger partial charge in [-0.25, -0.2) is 0 Å². The summed E-state index contributed by atoms with van der Waals surface area (Å²) in [6.45, 7) is 2.17. The molecule has 1 aliphatic heterocycles. The summed E-state index contributed by atoms with van der Waals surface area (Å²) < 4.78 is 0. The molecule has 0 radical (unpaired) electrons. The SMILES string of the molecule is CC1CCCC2NC(=O)C(=O)C2C1. The first-order valence-electron chi connectivity index (χ1n) is 5.03. The van der Waals surface area contributed by atoms with Crippen molar-refractivity contribution in [2.75, 3.05) is 0 Å². The number of rotatable bonds is 0. The van der Waals surface area contributed by atoms with Crippen LogP contribution in [0.2, 0.25) is 0 Å².